The lowest BCUT2D eigenvalue weighted by Gasteiger charge is -2.16. The summed E-state index contributed by atoms with van der Waals surface area (Å²) in [6, 6.07) is 7.99. The van der Waals surface area contributed by atoms with Crippen molar-refractivity contribution in [1.29, 1.82) is 0 Å². The fourth-order valence-electron chi connectivity index (χ4n) is 1.95. The van der Waals surface area contributed by atoms with Crippen LogP contribution in [0.4, 0.5) is 0 Å². The van der Waals surface area contributed by atoms with Gasteiger partial charge in [0.05, 0.1) is 0 Å². The molecule has 0 heterocycles. The molecule has 0 aromatic heterocycles. The van der Waals surface area contributed by atoms with Crippen LogP contribution < -0.4 is 5.73 Å². The fourth-order valence-corrected chi connectivity index (χ4v) is 2.16. The Labute approximate surface area is 122 Å². The maximum atomic E-state index is 6.17. The lowest BCUT2D eigenvalue weighted by atomic mass is 9.96. The summed E-state index contributed by atoms with van der Waals surface area (Å²) in [5.74, 6) is 1.15. The number of hydrogen-bond donors (Lipinski definition) is 1. The highest BCUT2D eigenvalue weighted by atomic mass is 35.5. The van der Waals surface area contributed by atoms with Gasteiger partial charge in [-0.3, -0.25) is 0 Å². The molecule has 0 radical (unpaired) electrons. The van der Waals surface area contributed by atoms with Crippen molar-refractivity contribution in [2.45, 2.75) is 33.1 Å². The molecule has 2 N–H and O–H groups in total. The van der Waals surface area contributed by atoms with E-state index < -0.39 is 0 Å². The summed E-state index contributed by atoms with van der Waals surface area (Å²) < 4.78 is 5.66. The second-order valence-corrected chi connectivity index (χ2v) is 5.89. The summed E-state index contributed by atoms with van der Waals surface area (Å²) >= 11 is 6.17. The van der Waals surface area contributed by atoms with Crippen LogP contribution >= 0.6 is 11.6 Å². The van der Waals surface area contributed by atoms with Crippen molar-refractivity contribution < 1.29 is 4.74 Å². The normalized spacial score (nSPS) is 12.9. The van der Waals surface area contributed by atoms with Gasteiger partial charge in [-0.15, -0.1) is 0 Å². The zero-order valence-corrected chi connectivity index (χ0v) is 12.8. The smallest absolute Gasteiger partial charge is 0.0469 e. The van der Waals surface area contributed by atoms with E-state index in [4.69, 9.17) is 22.1 Å². The molecule has 0 fully saturated rings. The summed E-state index contributed by atoms with van der Waals surface area (Å²) in [6.07, 6.45) is 3.06. The average Bonchev–Trinajstić information content (AvgIpc) is 2.39. The summed E-state index contributed by atoms with van der Waals surface area (Å²) in [4.78, 5) is 0. The molecular formula is C16H26ClNO. The van der Waals surface area contributed by atoms with Gasteiger partial charge in [-0.1, -0.05) is 43.6 Å². The summed E-state index contributed by atoms with van der Waals surface area (Å²) in [7, 11) is 0. The standard InChI is InChI=1S/C16H26ClNO/c1-13(2)7-9-19-10-8-14(12-18)11-15-5-3-4-6-16(15)17/h3-6,13-14H,7-12,18H2,1-2H3. The molecule has 0 bridgehead atoms. The van der Waals surface area contributed by atoms with E-state index in [0.717, 1.165) is 37.5 Å². The number of nitrogens with two attached hydrogens (primary N) is 1. The highest BCUT2D eigenvalue weighted by molar-refractivity contribution is 6.31. The quantitative estimate of drug-likeness (QED) is 0.698. The lowest BCUT2D eigenvalue weighted by molar-refractivity contribution is 0.111. The van der Waals surface area contributed by atoms with E-state index in [9.17, 15) is 0 Å². The Morgan fingerprint density at radius 1 is 1.16 bits per heavy atom. The molecule has 0 aliphatic rings. The number of halogens is 1. The molecule has 0 aliphatic heterocycles. The molecule has 3 heteroatoms. The number of rotatable bonds is 9. The first-order valence-electron chi connectivity index (χ1n) is 7.14. The Kier molecular flexibility index (Phi) is 8.11. The molecular weight excluding hydrogens is 258 g/mol. The van der Waals surface area contributed by atoms with E-state index in [0.29, 0.717) is 18.4 Å². The second-order valence-electron chi connectivity index (χ2n) is 5.48. The van der Waals surface area contributed by atoms with Crippen LogP contribution in [0.15, 0.2) is 24.3 Å². The zero-order valence-electron chi connectivity index (χ0n) is 12.1. The Morgan fingerprint density at radius 3 is 2.47 bits per heavy atom. The van der Waals surface area contributed by atoms with E-state index >= 15 is 0 Å². The van der Waals surface area contributed by atoms with E-state index in [2.05, 4.69) is 19.9 Å². The summed E-state index contributed by atoms with van der Waals surface area (Å²) in [6.45, 7) is 6.74. The number of ether oxygens (including phenoxy) is 1. The molecule has 0 spiro atoms. The van der Waals surface area contributed by atoms with Crippen molar-refractivity contribution in [2.24, 2.45) is 17.6 Å². The minimum Gasteiger partial charge on any atom is -0.381 e. The Balaban J connectivity index is 2.28. The van der Waals surface area contributed by atoms with E-state index in [-0.39, 0.29) is 0 Å². The molecule has 1 rings (SSSR count). The molecule has 1 atom stereocenters. The maximum Gasteiger partial charge on any atom is 0.0469 e. The van der Waals surface area contributed by atoms with Crippen molar-refractivity contribution in [1.82, 2.24) is 0 Å². The van der Waals surface area contributed by atoms with Crippen molar-refractivity contribution in [3.05, 3.63) is 34.9 Å². The van der Waals surface area contributed by atoms with Crippen molar-refractivity contribution in [2.75, 3.05) is 19.8 Å². The van der Waals surface area contributed by atoms with Gasteiger partial charge in [0.2, 0.25) is 0 Å². The zero-order chi connectivity index (χ0) is 14.1. The Bertz CT molecular complexity index is 354. The van der Waals surface area contributed by atoms with Crippen molar-refractivity contribution in [3.63, 3.8) is 0 Å². The maximum absolute atomic E-state index is 6.17. The third-order valence-corrected chi connectivity index (χ3v) is 3.68. The Morgan fingerprint density at radius 2 is 1.84 bits per heavy atom. The first-order chi connectivity index (χ1) is 9.13. The molecule has 2 nitrogen and oxygen atoms in total. The second kappa shape index (κ2) is 9.35. The highest BCUT2D eigenvalue weighted by Gasteiger charge is 2.10. The average molecular weight is 284 g/mol. The van der Waals surface area contributed by atoms with Gasteiger partial charge < -0.3 is 10.5 Å². The first-order valence-corrected chi connectivity index (χ1v) is 7.52. The molecule has 108 valence electrons. The minimum absolute atomic E-state index is 0.443. The van der Waals surface area contributed by atoms with Crippen LogP contribution in [0.2, 0.25) is 5.02 Å². The van der Waals surface area contributed by atoms with E-state index in [1.165, 1.54) is 5.56 Å². The molecule has 0 amide bonds. The molecule has 1 aromatic rings. The molecule has 0 saturated carbocycles. The van der Waals surface area contributed by atoms with Crippen LogP contribution in [-0.4, -0.2) is 19.8 Å². The topological polar surface area (TPSA) is 35.2 Å². The minimum atomic E-state index is 0.443. The van der Waals surface area contributed by atoms with Crippen molar-refractivity contribution >= 4 is 11.6 Å². The van der Waals surface area contributed by atoms with Gasteiger partial charge in [-0.2, -0.15) is 0 Å². The van der Waals surface area contributed by atoms with Gasteiger partial charge in [0.15, 0.2) is 0 Å². The van der Waals surface area contributed by atoms with Crippen LogP contribution in [0.25, 0.3) is 0 Å². The van der Waals surface area contributed by atoms with Gasteiger partial charge in [0.25, 0.3) is 0 Å². The largest absolute Gasteiger partial charge is 0.381 e. The lowest BCUT2D eigenvalue weighted by Crippen LogP contribution is -2.19. The van der Waals surface area contributed by atoms with Crippen molar-refractivity contribution in [3.8, 4) is 0 Å². The fraction of sp³-hybridized carbons (Fsp3) is 0.625. The summed E-state index contributed by atoms with van der Waals surface area (Å²) in [5.41, 5.74) is 7.02. The van der Waals surface area contributed by atoms with Crippen LogP contribution in [0.3, 0.4) is 0 Å². The molecule has 19 heavy (non-hydrogen) atoms. The molecule has 0 aliphatic carbocycles. The third kappa shape index (κ3) is 6.95. The predicted molar refractivity (Wildman–Crippen MR) is 82.6 cm³/mol. The van der Waals surface area contributed by atoms with E-state index in [1.807, 2.05) is 18.2 Å². The predicted octanol–water partition coefficient (Wildman–Crippen LogP) is 3.91. The highest BCUT2D eigenvalue weighted by Crippen LogP contribution is 2.20. The third-order valence-electron chi connectivity index (χ3n) is 3.31. The Hall–Kier alpha value is -0.570. The monoisotopic (exact) mass is 283 g/mol. The van der Waals surface area contributed by atoms with Gasteiger partial charge in [-0.05, 0) is 49.3 Å². The number of hydrogen-bond acceptors (Lipinski definition) is 2. The van der Waals surface area contributed by atoms with Gasteiger partial charge in [-0.25, -0.2) is 0 Å². The van der Waals surface area contributed by atoms with Gasteiger partial charge in [0, 0.05) is 18.2 Å². The SMILES string of the molecule is CC(C)CCOCCC(CN)Cc1ccccc1Cl. The number of benzene rings is 1. The molecule has 1 aromatic carbocycles. The summed E-state index contributed by atoms with van der Waals surface area (Å²) in [5, 5.41) is 0.835. The van der Waals surface area contributed by atoms with Crippen LogP contribution in [0.1, 0.15) is 32.3 Å². The van der Waals surface area contributed by atoms with Gasteiger partial charge in [0.1, 0.15) is 0 Å². The molecule has 1 unspecified atom stereocenters. The van der Waals surface area contributed by atoms with Crippen LogP contribution in [0.5, 0.6) is 0 Å². The first kappa shape index (κ1) is 16.5. The van der Waals surface area contributed by atoms with E-state index in [1.54, 1.807) is 0 Å². The molecule has 0 saturated heterocycles. The van der Waals surface area contributed by atoms with Crippen LogP contribution in [0, 0.1) is 11.8 Å². The van der Waals surface area contributed by atoms with Gasteiger partial charge >= 0.3 is 0 Å². The van der Waals surface area contributed by atoms with Crippen LogP contribution in [-0.2, 0) is 11.2 Å².